The highest BCUT2D eigenvalue weighted by atomic mass is 19.3. The van der Waals surface area contributed by atoms with Gasteiger partial charge in [-0.25, -0.2) is 8.78 Å². The average molecular weight is 167 g/mol. The number of methoxy groups -OCH3 is 1. The lowest BCUT2D eigenvalue weighted by atomic mass is 10.00. The number of hydrogen-bond acceptors (Lipinski definition) is 2. The molecule has 0 rings (SSSR count). The molecule has 0 amide bonds. The number of alkyl halides is 2. The van der Waals surface area contributed by atoms with Crippen molar-refractivity contribution in [2.45, 2.75) is 31.8 Å². The highest BCUT2D eigenvalue weighted by molar-refractivity contribution is 4.79. The summed E-state index contributed by atoms with van der Waals surface area (Å²) in [5.74, 6) is -2.82. The summed E-state index contributed by atoms with van der Waals surface area (Å²) in [6, 6.07) is 0. The molecular weight excluding hydrogens is 152 g/mol. The van der Waals surface area contributed by atoms with Crippen molar-refractivity contribution in [1.29, 1.82) is 0 Å². The maximum atomic E-state index is 12.6. The molecule has 0 heterocycles. The molecule has 11 heavy (non-hydrogen) atoms. The fourth-order valence-electron chi connectivity index (χ4n) is 0.767. The highest BCUT2D eigenvalue weighted by Gasteiger charge is 2.35. The van der Waals surface area contributed by atoms with Crippen molar-refractivity contribution in [3.05, 3.63) is 0 Å². The zero-order valence-corrected chi connectivity index (χ0v) is 7.16. The lowest BCUT2D eigenvalue weighted by molar-refractivity contribution is -0.0842. The van der Waals surface area contributed by atoms with Crippen molar-refractivity contribution in [2.75, 3.05) is 13.7 Å². The Kier molecular flexibility index (Phi) is 3.38. The Hall–Kier alpha value is -0.220. The predicted molar refractivity (Wildman–Crippen MR) is 39.7 cm³/mol. The third kappa shape index (κ3) is 4.27. The third-order valence-corrected chi connectivity index (χ3v) is 1.54. The van der Waals surface area contributed by atoms with Crippen LogP contribution in [0, 0.1) is 0 Å². The summed E-state index contributed by atoms with van der Waals surface area (Å²) < 4.78 is 30.1. The lowest BCUT2D eigenvalue weighted by Crippen LogP contribution is -2.37. The van der Waals surface area contributed by atoms with Crippen LogP contribution in [0.4, 0.5) is 8.78 Å². The van der Waals surface area contributed by atoms with Crippen molar-refractivity contribution in [1.82, 2.24) is 0 Å². The van der Waals surface area contributed by atoms with Gasteiger partial charge in [0, 0.05) is 13.5 Å². The van der Waals surface area contributed by atoms with E-state index >= 15 is 0 Å². The van der Waals surface area contributed by atoms with Gasteiger partial charge >= 0.3 is 0 Å². The number of ether oxygens (including phenoxy) is 1. The zero-order chi connectivity index (χ0) is 9.12. The van der Waals surface area contributed by atoms with Gasteiger partial charge in [-0.3, -0.25) is 0 Å². The molecule has 0 fully saturated rings. The number of hydrogen-bond donors (Lipinski definition) is 1. The Morgan fingerprint density at radius 3 is 2.09 bits per heavy atom. The summed E-state index contributed by atoms with van der Waals surface area (Å²) in [7, 11) is 1.41. The van der Waals surface area contributed by atoms with Crippen LogP contribution >= 0.6 is 0 Å². The molecule has 0 unspecified atom stereocenters. The van der Waals surface area contributed by atoms with E-state index in [0.717, 1.165) is 0 Å². The molecule has 0 bridgehead atoms. The molecule has 0 aromatic carbocycles. The maximum absolute atomic E-state index is 12.6. The van der Waals surface area contributed by atoms with E-state index in [1.165, 1.54) is 7.11 Å². The molecule has 68 valence electrons. The second-order valence-corrected chi connectivity index (χ2v) is 3.20. The Balaban J connectivity index is 4.02. The maximum Gasteiger partial charge on any atom is 0.262 e. The Bertz CT molecular complexity index is 112. The van der Waals surface area contributed by atoms with Crippen LogP contribution in [0.15, 0.2) is 0 Å². The fourth-order valence-corrected chi connectivity index (χ4v) is 0.767. The minimum atomic E-state index is -2.82. The number of nitrogens with two attached hydrogens (primary N) is 1. The Morgan fingerprint density at radius 1 is 1.36 bits per heavy atom. The largest absolute Gasteiger partial charge is 0.379 e. The molecule has 0 saturated carbocycles. The molecule has 2 nitrogen and oxygen atoms in total. The van der Waals surface area contributed by atoms with E-state index in [4.69, 9.17) is 10.5 Å². The number of rotatable bonds is 4. The first-order valence-corrected chi connectivity index (χ1v) is 3.46. The molecule has 0 aromatic heterocycles. The molecule has 0 radical (unpaired) electrons. The standard InChI is InChI=1S/C7H15F2NO/c1-6(2,11-3)4-7(8,9)5-10/h4-5,10H2,1-3H3. The van der Waals surface area contributed by atoms with Gasteiger partial charge in [-0.1, -0.05) is 0 Å². The molecule has 2 N–H and O–H groups in total. The van der Waals surface area contributed by atoms with Crippen molar-refractivity contribution in [3.8, 4) is 0 Å². The van der Waals surface area contributed by atoms with Gasteiger partial charge in [0.15, 0.2) is 0 Å². The predicted octanol–water partition coefficient (Wildman–Crippen LogP) is 1.40. The van der Waals surface area contributed by atoms with Gasteiger partial charge in [-0.2, -0.15) is 0 Å². The molecule has 4 heteroatoms. The van der Waals surface area contributed by atoms with Gasteiger partial charge in [0.1, 0.15) is 0 Å². The quantitative estimate of drug-likeness (QED) is 0.686. The SMILES string of the molecule is COC(C)(C)CC(F)(F)CN. The second kappa shape index (κ2) is 3.45. The first-order chi connectivity index (χ1) is 4.83. The molecule has 0 aliphatic rings. The molecule has 0 atom stereocenters. The smallest absolute Gasteiger partial charge is 0.262 e. The first-order valence-electron chi connectivity index (χ1n) is 3.46. The fraction of sp³-hybridized carbons (Fsp3) is 1.00. The monoisotopic (exact) mass is 167 g/mol. The summed E-state index contributed by atoms with van der Waals surface area (Å²) in [4.78, 5) is 0. The van der Waals surface area contributed by atoms with E-state index < -0.39 is 18.1 Å². The van der Waals surface area contributed by atoms with Gasteiger partial charge < -0.3 is 10.5 Å². The summed E-state index contributed by atoms with van der Waals surface area (Å²) in [6.07, 6.45) is -0.340. The summed E-state index contributed by atoms with van der Waals surface area (Å²) in [6.45, 7) is 2.59. The molecule has 0 saturated heterocycles. The minimum absolute atomic E-state index is 0.340. The molecule has 0 aliphatic heterocycles. The van der Waals surface area contributed by atoms with E-state index in [1.54, 1.807) is 13.8 Å². The molecule has 0 aliphatic carbocycles. The van der Waals surface area contributed by atoms with Crippen molar-refractivity contribution in [2.24, 2.45) is 5.73 Å². The molecule has 0 spiro atoms. The van der Waals surface area contributed by atoms with Gasteiger partial charge in [-0.05, 0) is 13.8 Å². The topological polar surface area (TPSA) is 35.2 Å². The van der Waals surface area contributed by atoms with E-state index in [9.17, 15) is 8.78 Å². The first kappa shape index (κ1) is 10.8. The van der Waals surface area contributed by atoms with Gasteiger partial charge in [0.2, 0.25) is 0 Å². The van der Waals surface area contributed by atoms with E-state index in [1.807, 2.05) is 0 Å². The van der Waals surface area contributed by atoms with Crippen LogP contribution < -0.4 is 5.73 Å². The minimum Gasteiger partial charge on any atom is -0.379 e. The van der Waals surface area contributed by atoms with Crippen LogP contribution in [0.2, 0.25) is 0 Å². The van der Waals surface area contributed by atoms with Gasteiger partial charge in [0.05, 0.1) is 12.1 Å². The third-order valence-electron chi connectivity index (χ3n) is 1.54. The Morgan fingerprint density at radius 2 is 1.82 bits per heavy atom. The van der Waals surface area contributed by atoms with Crippen molar-refractivity contribution < 1.29 is 13.5 Å². The highest BCUT2D eigenvalue weighted by Crippen LogP contribution is 2.26. The van der Waals surface area contributed by atoms with Crippen LogP contribution in [-0.2, 0) is 4.74 Å². The van der Waals surface area contributed by atoms with Crippen LogP contribution in [0.5, 0.6) is 0 Å². The second-order valence-electron chi connectivity index (χ2n) is 3.20. The summed E-state index contributed by atoms with van der Waals surface area (Å²) in [5, 5.41) is 0. The van der Waals surface area contributed by atoms with E-state index in [-0.39, 0.29) is 6.42 Å². The lowest BCUT2D eigenvalue weighted by Gasteiger charge is -2.27. The molecular formula is C7H15F2NO. The Labute approximate surface area is 65.7 Å². The van der Waals surface area contributed by atoms with Crippen LogP contribution in [0.1, 0.15) is 20.3 Å². The van der Waals surface area contributed by atoms with Crippen molar-refractivity contribution >= 4 is 0 Å². The van der Waals surface area contributed by atoms with E-state index in [2.05, 4.69) is 0 Å². The molecule has 0 aromatic rings. The van der Waals surface area contributed by atoms with Crippen molar-refractivity contribution in [3.63, 3.8) is 0 Å². The van der Waals surface area contributed by atoms with Crippen LogP contribution in [-0.4, -0.2) is 25.2 Å². The van der Waals surface area contributed by atoms with E-state index in [0.29, 0.717) is 0 Å². The summed E-state index contributed by atoms with van der Waals surface area (Å²) in [5.41, 5.74) is 4.06. The normalized spacial score (nSPS) is 13.6. The van der Waals surface area contributed by atoms with Gasteiger partial charge in [-0.15, -0.1) is 0 Å². The van der Waals surface area contributed by atoms with Gasteiger partial charge in [0.25, 0.3) is 5.92 Å². The van der Waals surface area contributed by atoms with Crippen LogP contribution in [0.25, 0.3) is 0 Å². The summed E-state index contributed by atoms with van der Waals surface area (Å²) >= 11 is 0. The average Bonchev–Trinajstić information content (AvgIpc) is 1.86. The zero-order valence-electron chi connectivity index (χ0n) is 7.16. The number of halogens is 2. The van der Waals surface area contributed by atoms with Crippen LogP contribution in [0.3, 0.4) is 0 Å².